The summed E-state index contributed by atoms with van der Waals surface area (Å²) in [6, 6.07) is 22.2. The van der Waals surface area contributed by atoms with Crippen molar-refractivity contribution in [3.63, 3.8) is 0 Å². The number of amides is 1. The monoisotopic (exact) mass is 498 g/mol. The number of likely N-dealkylation sites (N-methyl/N-ethyl adjacent to an activating group) is 1. The number of likely N-dealkylation sites (tertiary alicyclic amines) is 1. The van der Waals surface area contributed by atoms with Gasteiger partial charge in [0.25, 0.3) is 0 Å². The summed E-state index contributed by atoms with van der Waals surface area (Å²) in [6.45, 7) is 6.11. The number of halogens is 3. The summed E-state index contributed by atoms with van der Waals surface area (Å²) in [5.41, 5.74) is 2.22. The summed E-state index contributed by atoms with van der Waals surface area (Å²) < 4.78 is 13.6. The van der Waals surface area contributed by atoms with Crippen molar-refractivity contribution in [2.75, 3.05) is 20.1 Å². The third-order valence-electron chi connectivity index (χ3n) is 6.85. The molecule has 0 N–H and O–H groups in total. The SMILES string of the molecule is CN(C(=O)C(C)(C)c1cc(Cl)cc(Cl)c1)C1CN(Cc2ccccc2)CC1c1ccc(F)cc1. The molecule has 0 saturated carbocycles. The summed E-state index contributed by atoms with van der Waals surface area (Å²) >= 11 is 12.5. The molecule has 4 rings (SSSR count). The number of nitrogens with zero attached hydrogens (tertiary/aromatic N) is 2. The minimum atomic E-state index is -0.816. The first-order valence-electron chi connectivity index (χ1n) is 11.4. The predicted molar refractivity (Wildman–Crippen MR) is 137 cm³/mol. The summed E-state index contributed by atoms with van der Waals surface area (Å²) in [5, 5.41) is 1.01. The van der Waals surface area contributed by atoms with Crippen molar-refractivity contribution in [1.29, 1.82) is 0 Å². The summed E-state index contributed by atoms with van der Waals surface area (Å²) in [4.78, 5) is 18.0. The van der Waals surface area contributed by atoms with Crippen LogP contribution in [0.3, 0.4) is 0 Å². The molecule has 1 aliphatic rings. The van der Waals surface area contributed by atoms with Crippen LogP contribution in [0, 0.1) is 5.82 Å². The first kappa shape index (κ1) is 24.7. The molecule has 1 amide bonds. The Kier molecular flexibility index (Phi) is 7.32. The van der Waals surface area contributed by atoms with Crippen LogP contribution >= 0.6 is 23.2 Å². The predicted octanol–water partition coefficient (Wildman–Crippen LogP) is 6.54. The Morgan fingerprint density at radius 3 is 2.24 bits per heavy atom. The van der Waals surface area contributed by atoms with Gasteiger partial charge in [-0.2, -0.15) is 0 Å². The quantitative estimate of drug-likeness (QED) is 0.385. The smallest absolute Gasteiger partial charge is 0.232 e. The lowest BCUT2D eigenvalue weighted by Gasteiger charge is -2.36. The van der Waals surface area contributed by atoms with Crippen LogP contribution in [0.5, 0.6) is 0 Å². The fraction of sp³-hybridized carbons (Fsp3) is 0.321. The van der Waals surface area contributed by atoms with Gasteiger partial charge in [-0.25, -0.2) is 4.39 Å². The Labute approximate surface area is 211 Å². The first-order chi connectivity index (χ1) is 16.1. The number of hydrogen-bond acceptors (Lipinski definition) is 2. The fourth-order valence-corrected chi connectivity index (χ4v) is 5.42. The first-order valence-corrected chi connectivity index (χ1v) is 12.2. The van der Waals surface area contributed by atoms with E-state index in [1.165, 1.54) is 17.7 Å². The van der Waals surface area contributed by atoms with Crippen molar-refractivity contribution in [3.8, 4) is 0 Å². The van der Waals surface area contributed by atoms with E-state index in [4.69, 9.17) is 23.2 Å². The summed E-state index contributed by atoms with van der Waals surface area (Å²) in [7, 11) is 1.86. The molecule has 0 aliphatic carbocycles. The third kappa shape index (κ3) is 5.30. The largest absolute Gasteiger partial charge is 0.340 e. The molecule has 1 aliphatic heterocycles. The number of benzene rings is 3. The zero-order valence-electron chi connectivity index (χ0n) is 19.6. The molecule has 34 heavy (non-hydrogen) atoms. The molecule has 3 nitrogen and oxygen atoms in total. The van der Waals surface area contributed by atoms with E-state index in [0.29, 0.717) is 10.0 Å². The van der Waals surface area contributed by atoms with Gasteiger partial charge in [-0.1, -0.05) is 65.7 Å². The molecule has 1 saturated heterocycles. The van der Waals surface area contributed by atoms with Crippen molar-refractivity contribution < 1.29 is 9.18 Å². The van der Waals surface area contributed by atoms with E-state index < -0.39 is 5.41 Å². The molecular weight excluding hydrogens is 470 g/mol. The van der Waals surface area contributed by atoms with Crippen molar-refractivity contribution in [3.05, 3.63) is 105 Å². The normalized spacial score (nSPS) is 18.8. The van der Waals surface area contributed by atoms with E-state index in [9.17, 15) is 9.18 Å². The van der Waals surface area contributed by atoms with Crippen LogP contribution in [-0.4, -0.2) is 41.9 Å². The average molecular weight is 499 g/mol. The van der Waals surface area contributed by atoms with Gasteiger partial charge >= 0.3 is 0 Å². The maximum absolute atomic E-state index is 13.8. The Morgan fingerprint density at radius 2 is 1.62 bits per heavy atom. The lowest BCUT2D eigenvalue weighted by molar-refractivity contribution is -0.137. The van der Waals surface area contributed by atoms with Crippen molar-refractivity contribution in [1.82, 2.24) is 9.80 Å². The van der Waals surface area contributed by atoms with Crippen LogP contribution in [0.15, 0.2) is 72.8 Å². The van der Waals surface area contributed by atoms with Crippen LogP contribution in [-0.2, 0) is 16.8 Å². The maximum Gasteiger partial charge on any atom is 0.232 e. The van der Waals surface area contributed by atoms with E-state index in [0.717, 1.165) is 30.8 Å². The molecule has 6 heteroatoms. The molecule has 3 aromatic rings. The molecule has 2 unspecified atom stereocenters. The van der Waals surface area contributed by atoms with Gasteiger partial charge in [0, 0.05) is 42.6 Å². The molecule has 0 bridgehead atoms. The highest BCUT2D eigenvalue weighted by Crippen LogP contribution is 2.36. The molecular formula is C28H29Cl2FN2O. The lowest BCUT2D eigenvalue weighted by atomic mass is 9.82. The van der Waals surface area contributed by atoms with Crippen LogP contribution in [0.25, 0.3) is 0 Å². The number of rotatable bonds is 6. The zero-order valence-corrected chi connectivity index (χ0v) is 21.2. The number of carbonyl (C=O) groups excluding carboxylic acids is 1. The Morgan fingerprint density at radius 1 is 1.00 bits per heavy atom. The molecule has 0 radical (unpaired) electrons. The average Bonchev–Trinajstić information content (AvgIpc) is 3.22. The van der Waals surface area contributed by atoms with Gasteiger partial charge in [-0.15, -0.1) is 0 Å². The van der Waals surface area contributed by atoms with Gasteiger partial charge in [-0.05, 0) is 60.9 Å². The zero-order chi connectivity index (χ0) is 24.5. The van der Waals surface area contributed by atoms with Crippen molar-refractivity contribution in [2.45, 2.75) is 37.8 Å². The van der Waals surface area contributed by atoms with E-state index in [-0.39, 0.29) is 23.7 Å². The topological polar surface area (TPSA) is 23.6 Å². The van der Waals surface area contributed by atoms with Crippen molar-refractivity contribution in [2.24, 2.45) is 0 Å². The Bertz CT molecular complexity index is 1130. The third-order valence-corrected chi connectivity index (χ3v) is 7.28. The van der Waals surface area contributed by atoms with Crippen LogP contribution < -0.4 is 0 Å². The number of hydrogen-bond donors (Lipinski definition) is 0. The van der Waals surface area contributed by atoms with Gasteiger partial charge in [0.2, 0.25) is 5.91 Å². The van der Waals surface area contributed by atoms with Crippen molar-refractivity contribution >= 4 is 29.1 Å². The van der Waals surface area contributed by atoms with Crippen LogP contribution in [0.1, 0.15) is 36.5 Å². The van der Waals surface area contributed by atoms with E-state index >= 15 is 0 Å². The molecule has 178 valence electrons. The second kappa shape index (κ2) is 10.1. The molecule has 0 aromatic heterocycles. The Hall–Kier alpha value is -2.40. The lowest BCUT2D eigenvalue weighted by Crippen LogP contribution is -2.48. The molecule has 2 atom stereocenters. The summed E-state index contributed by atoms with van der Waals surface area (Å²) in [6.07, 6.45) is 0. The van der Waals surface area contributed by atoms with Crippen LogP contribution in [0.4, 0.5) is 4.39 Å². The van der Waals surface area contributed by atoms with E-state index in [1.54, 1.807) is 18.2 Å². The number of carbonyl (C=O) groups is 1. The summed E-state index contributed by atoms with van der Waals surface area (Å²) in [5.74, 6) is -0.204. The highest BCUT2D eigenvalue weighted by molar-refractivity contribution is 6.34. The molecule has 1 heterocycles. The second-order valence-electron chi connectivity index (χ2n) is 9.60. The van der Waals surface area contributed by atoms with Gasteiger partial charge < -0.3 is 4.90 Å². The minimum Gasteiger partial charge on any atom is -0.340 e. The maximum atomic E-state index is 13.8. The van der Waals surface area contributed by atoms with Crippen LogP contribution in [0.2, 0.25) is 10.0 Å². The van der Waals surface area contributed by atoms with E-state index in [2.05, 4.69) is 17.0 Å². The molecule has 3 aromatic carbocycles. The highest BCUT2D eigenvalue weighted by Gasteiger charge is 2.42. The van der Waals surface area contributed by atoms with Gasteiger partial charge in [0.1, 0.15) is 5.82 Å². The highest BCUT2D eigenvalue weighted by atomic mass is 35.5. The van der Waals surface area contributed by atoms with Gasteiger partial charge in [0.05, 0.1) is 11.5 Å². The minimum absolute atomic E-state index is 0.00972. The standard InChI is InChI=1S/C28H29Cl2FN2O/c1-28(2,21-13-22(29)15-23(30)14-21)27(34)32(3)26-18-33(16-19-7-5-4-6-8-19)17-25(26)20-9-11-24(31)12-10-20/h4-15,25-26H,16-18H2,1-3H3. The molecule has 0 spiro atoms. The molecule has 1 fully saturated rings. The second-order valence-corrected chi connectivity index (χ2v) is 10.5. The van der Waals surface area contributed by atoms with Gasteiger partial charge in [-0.3, -0.25) is 9.69 Å². The van der Waals surface area contributed by atoms with E-state index in [1.807, 2.05) is 56.1 Å². The fourth-order valence-electron chi connectivity index (χ4n) is 4.90. The Balaban J connectivity index is 1.62. The van der Waals surface area contributed by atoms with Gasteiger partial charge in [0.15, 0.2) is 0 Å².